The topological polar surface area (TPSA) is 49.4 Å². The minimum absolute atomic E-state index is 0.0809. The average molecular weight is 278 g/mol. The molecular formula is C14H18N2O2S. The Kier molecular flexibility index (Phi) is 4.14. The monoisotopic (exact) mass is 278 g/mol. The van der Waals surface area contributed by atoms with Gasteiger partial charge in [0.05, 0.1) is 6.42 Å². The van der Waals surface area contributed by atoms with Crippen molar-refractivity contribution in [1.29, 1.82) is 0 Å². The van der Waals surface area contributed by atoms with Gasteiger partial charge >= 0.3 is 0 Å². The summed E-state index contributed by atoms with van der Waals surface area (Å²) < 4.78 is 0. The molecule has 0 radical (unpaired) electrons. The molecular weight excluding hydrogens is 260 g/mol. The van der Waals surface area contributed by atoms with Crippen molar-refractivity contribution in [2.75, 3.05) is 11.6 Å². The van der Waals surface area contributed by atoms with E-state index in [2.05, 4.69) is 5.32 Å². The van der Waals surface area contributed by atoms with E-state index in [0.717, 1.165) is 10.6 Å². The second-order valence-electron chi connectivity index (χ2n) is 4.80. The number of hydrogen-bond acceptors (Lipinski definition) is 4. The minimum atomic E-state index is -0.441. The SMILES string of the molecule is CSc1ccccc1NC1CC(=O)N(C(C)C)C1=O. The number of rotatable bonds is 4. The number of hydrogen-bond donors (Lipinski definition) is 1. The minimum Gasteiger partial charge on any atom is -0.372 e. The first kappa shape index (κ1) is 13.9. The Balaban J connectivity index is 2.17. The number of carbonyl (C=O) groups excluding carboxylic acids is 2. The van der Waals surface area contributed by atoms with Gasteiger partial charge in [-0.25, -0.2) is 0 Å². The predicted molar refractivity (Wildman–Crippen MR) is 77.2 cm³/mol. The molecule has 1 atom stereocenters. The third kappa shape index (κ3) is 2.76. The van der Waals surface area contributed by atoms with Crippen molar-refractivity contribution in [1.82, 2.24) is 4.90 Å². The van der Waals surface area contributed by atoms with Crippen molar-refractivity contribution in [3.8, 4) is 0 Å². The molecule has 1 aromatic rings. The lowest BCUT2D eigenvalue weighted by Gasteiger charge is -2.20. The van der Waals surface area contributed by atoms with Gasteiger partial charge in [-0.1, -0.05) is 12.1 Å². The van der Waals surface area contributed by atoms with Crippen LogP contribution in [0.1, 0.15) is 20.3 Å². The van der Waals surface area contributed by atoms with E-state index >= 15 is 0 Å². The number of likely N-dealkylation sites (tertiary alicyclic amines) is 1. The van der Waals surface area contributed by atoms with Gasteiger partial charge in [0, 0.05) is 16.6 Å². The maximum atomic E-state index is 12.2. The Labute approximate surface area is 117 Å². The van der Waals surface area contributed by atoms with Crippen LogP contribution >= 0.6 is 11.8 Å². The fraction of sp³-hybridized carbons (Fsp3) is 0.429. The fourth-order valence-electron chi connectivity index (χ4n) is 2.26. The molecule has 1 N–H and O–H groups in total. The molecule has 0 bridgehead atoms. The van der Waals surface area contributed by atoms with Crippen molar-refractivity contribution < 1.29 is 9.59 Å². The van der Waals surface area contributed by atoms with Crippen LogP contribution in [0.2, 0.25) is 0 Å². The van der Waals surface area contributed by atoms with Crippen LogP contribution in [0.3, 0.4) is 0 Å². The van der Waals surface area contributed by atoms with Gasteiger partial charge in [-0.3, -0.25) is 14.5 Å². The van der Waals surface area contributed by atoms with Crippen LogP contribution in [-0.2, 0) is 9.59 Å². The average Bonchev–Trinajstić information content (AvgIpc) is 2.65. The molecule has 5 heteroatoms. The van der Waals surface area contributed by atoms with Gasteiger partial charge in [0.2, 0.25) is 5.91 Å². The van der Waals surface area contributed by atoms with E-state index in [1.807, 2.05) is 44.4 Å². The quantitative estimate of drug-likeness (QED) is 0.678. The number of nitrogens with one attached hydrogen (secondary N) is 1. The summed E-state index contributed by atoms with van der Waals surface area (Å²) in [6.07, 6.45) is 2.22. The number of imide groups is 1. The second kappa shape index (κ2) is 5.65. The van der Waals surface area contributed by atoms with Crippen LogP contribution in [0.15, 0.2) is 29.2 Å². The van der Waals surface area contributed by atoms with Gasteiger partial charge in [0.1, 0.15) is 6.04 Å². The molecule has 0 aromatic heterocycles. The first-order valence-electron chi connectivity index (χ1n) is 6.30. The summed E-state index contributed by atoms with van der Waals surface area (Å²) in [6, 6.07) is 7.28. The van der Waals surface area contributed by atoms with Gasteiger partial charge in [-0.05, 0) is 32.2 Å². The molecule has 2 amide bonds. The number of nitrogens with zero attached hydrogens (tertiary/aromatic N) is 1. The van der Waals surface area contributed by atoms with Crippen molar-refractivity contribution in [3.05, 3.63) is 24.3 Å². The first-order valence-corrected chi connectivity index (χ1v) is 7.52. The van der Waals surface area contributed by atoms with Crippen LogP contribution < -0.4 is 5.32 Å². The zero-order valence-corrected chi connectivity index (χ0v) is 12.2. The molecule has 4 nitrogen and oxygen atoms in total. The summed E-state index contributed by atoms with van der Waals surface area (Å²) >= 11 is 1.62. The van der Waals surface area contributed by atoms with E-state index in [1.54, 1.807) is 11.8 Å². The summed E-state index contributed by atoms with van der Waals surface area (Å²) in [4.78, 5) is 26.5. The summed E-state index contributed by atoms with van der Waals surface area (Å²) in [5.41, 5.74) is 0.909. The zero-order chi connectivity index (χ0) is 14.0. The number of thioether (sulfide) groups is 1. The fourth-order valence-corrected chi connectivity index (χ4v) is 2.82. The molecule has 1 aliphatic rings. The number of benzene rings is 1. The van der Waals surface area contributed by atoms with E-state index < -0.39 is 6.04 Å². The van der Waals surface area contributed by atoms with Crippen LogP contribution in [-0.4, -0.2) is 35.1 Å². The third-order valence-electron chi connectivity index (χ3n) is 3.14. The van der Waals surface area contributed by atoms with E-state index in [9.17, 15) is 9.59 Å². The Hall–Kier alpha value is -1.49. The van der Waals surface area contributed by atoms with Crippen molar-refractivity contribution >= 4 is 29.3 Å². The first-order chi connectivity index (χ1) is 9.04. The molecule has 1 aromatic carbocycles. The van der Waals surface area contributed by atoms with Crippen LogP contribution in [0, 0.1) is 0 Å². The molecule has 2 rings (SSSR count). The van der Waals surface area contributed by atoms with Crippen molar-refractivity contribution in [2.45, 2.75) is 37.2 Å². The summed E-state index contributed by atoms with van der Waals surface area (Å²) in [7, 11) is 0. The highest BCUT2D eigenvalue weighted by molar-refractivity contribution is 7.98. The van der Waals surface area contributed by atoms with E-state index in [-0.39, 0.29) is 24.3 Å². The highest BCUT2D eigenvalue weighted by Gasteiger charge is 2.39. The Morgan fingerprint density at radius 1 is 1.32 bits per heavy atom. The Bertz CT molecular complexity index is 502. The molecule has 1 heterocycles. The van der Waals surface area contributed by atoms with Gasteiger partial charge in [0.15, 0.2) is 0 Å². The molecule has 1 saturated heterocycles. The normalized spacial score (nSPS) is 19.4. The highest BCUT2D eigenvalue weighted by atomic mass is 32.2. The van der Waals surface area contributed by atoms with E-state index in [0.29, 0.717) is 0 Å². The molecule has 0 saturated carbocycles. The summed E-state index contributed by atoms with van der Waals surface area (Å²) in [6.45, 7) is 3.71. The maximum Gasteiger partial charge on any atom is 0.252 e. The molecule has 1 unspecified atom stereocenters. The predicted octanol–water partition coefficient (Wildman–Crippen LogP) is 2.36. The van der Waals surface area contributed by atoms with Crippen molar-refractivity contribution in [2.24, 2.45) is 0 Å². The molecule has 102 valence electrons. The highest BCUT2D eigenvalue weighted by Crippen LogP contribution is 2.27. The number of anilines is 1. The standard InChI is InChI=1S/C14H18N2O2S/c1-9(2)16-13(17)8-11(14(16)18)15-10-6-4-5-7-12(10)19-3/h4-7,9,11,15H,8H2,1-3H3. The van der Waals surface area contributed by atoms with E-state index in [1.165, 1.54) is 4.90 Å². The third-order valence-corrected chi connectivity index (χ3v) is 3.93. The van der Waals surface area contributed by atoms with Gasteiger partial charge < -0.3 is 5.32 Å². The van der Waals surface area contributed by atoms with Crippen LogP contribution in [0.25, 0.3) is 0 Å². The molecule has 19 heavy (non-hydrogen) atoms. The lowest BCUT2D eigenvalue weighted by Crippen LogP contribution is -2.39. The summed E-state index contributed by atoms with van der Waals surface area (Å²) in [5, 5.41) is 3.19. The molecule has 0 spiro atoms. The van der Waals surface area contributed by atoms with Crippen LogP contribution in [0.5, 0.6) is 0 Å². The van der Waals surface area contributed by atoms with Gasteiger partial charge in [0.25, 0.3) is 5.91 Å². The largest absolute Gasteiger partial charge is 0.372 e. The smallest absolute Gasteiger partial charge is 0.252 e. The van der Waals surface area contributed by atoms with Gasteiger partial charge in [-0.15, -0.1) is 11.8 Å². The van der Waals surface area contributed by atoms with E-state index in [4.69, 9.17) is 0 Å². The van der Waals surface area contributed by atoms with Crippen LogP contribution in [0.4, 0.5) is 5.69 Å². The van der Waals surface area contributed by atoms with Gasteiger partial charge in [-0.2, -0.15) is 0 Å². The molecule has 1 fully saturated rings. The lowest BCUT2D eigenvalue weighted by atomic mass is 10.2. The number of carbonyl (C=O) groups is 2. The zero-order valence-electron chi connectivity index (χ0n) is 11.3. The molecule has 0 aliphatic carbocycles. The molecule has 1 aliphatic heterocycles. The number of amides is 2. The van der Waals surface area contributed by atoms with Crippen molar-refractivity contribution in [3.63, 3.8) is 0 Å². The summed E-state index contributed by atoms with van der Waals surface area (Å²) in [5.74, 6) is -0.227. The second-order valence-corrected chi connectivity index (χ2v) is 5.65. The maximum absolute atomic E-state index is 12.2. The Morgan fingerprint density at radius 2 is 2.00 bits per heavy atom. The number of para-hydroxylation sites is 1. The Morgan fingerprint density at radius 3 is 2.58 bits per heavy atom. The lowest BCUT2D eigenvalue weighted by molar-refractivity contribution is -0.140.